The highest BCUT2D eigenvalue weighted by Gasteiger charge is 2.22. The fourth-order valence-corrected chi connectivity index (χ4v) is 1.38. The molecule has 0 aromatic heterocycles. The fraction of sp³-hybridized carbons (Fsp3) is 0.308. The molecule has 0 saturated carbocycles. The molecule has 0 spiro atoms. The Balaban J connectivity index is 2.46. The summed E-state index contributed by atoms with van der Waals surface area (Å²) in [5, 5.41) is 2.22. The lowest BCUT2D eigenvalue weighted by atomic mass is 10.2. The molecule has 108 valence electrons. The second-order valence-corrected chi connectivity index (χ2v) is 3.94. The lowest BCUT2D eigenvalue weighted by molar-refractivity contribution is -0.142. The highest BCUT2D eigenvalue weighted by molar-refractivity contribution is 5.88. The topological polar surface area (TPSA) is 108 Å². The number of amides is 2. The molecule has 0 aliphatic rings. The van der Waals surface area contributed by atoms with E-state index in [9.17, 15) is 14.4 Å². The first-order chi connectivity index (χ1) is 9.52. The maximum Gasteiger partial charge on any atom is 0.408 e. The molecule has 7 nitrogen and oxygen atoms in total. The summed E-state index contributed by atoms with van der Waals surface area (Å²) in [6.07, 6.45) is -1.17. The Labute approximate surface area is 116 Å². The first-order valence-corrected chi connectivity index (χ1v) is 5.86. The van der Waals surface area contributed by atoms with Crippen LogP contribution < -0.4 is 11.1 Å². The fourth-order valence-electron chi connectivity index (χ4n) is 1.38. The van der Waals surface area contributed by atoms with Crippen molar-refractivity contribution in [3.63, 3.8) is 0 Å². The molecule has 0 radical (unpaired) electrons. The van der Waals surface area contributed by atoms with Crippen LogP contribution in [0.4, 0.5) is 4.79 Å². The molecular formula is C13H16N2O5. The molecule has 0 heterocycles. The standard InChI is InChI=1S/C13H16N2O5/c1-19-11(16)7-10(12(14)17)15-13(18)20-8-9-5-3-2-4-6-9/h2-6,10H,7-8H2,1H3,(H2,14,17)(H,15,18)/t10-/m1/s1. The molecule has 1 atom stereocenters. The molecule has 7 heteroatoms. The molecule has 0 fully saturated rings. The minimum Gasteiger partial charge on any atom is -0.469 e. The van der Waals surface area contributed by atoms with Crippen LogP contribution in [-0.4, -0.2) is 31.1 Å². The lowest BCUT2D eigenvalue weighted by Crippen LogP contribution is -2.46. The van der Waals surface area contributed by atoms with Crippen LogP contribution in [0.1, 0.15) is 12.0 Å². The second kappa shape index (κ2) is 7.78. The number of esters is 1. The van der Waals surface area contributed by atoms with E-state index >= 15 is 0 Å². The number of ether oxygens (including phenoxy) is 2. The Bertz CT molecular complexity index is 475. The second-order valence-electron chi connectivity index (χ2n) is 3.94. The molecule has 0 bridgehead atoms. The molecule has 0 aliphatic heterocycles. The molecule has 0 unspecified atom stereocenters. The van der Waals surface area contributed by atoms with Gasteiger partial charge < -0.3 is 20.5 Å². The van der Waals surface area contributed by atoms with Gasteiger partial charge in [-0.05, 0) is 5.56 Å². The van der Waals surface area contributed by atoms with Gasteiger partial charge in [-0.15, -0.1) is 0 Å². The summed E-state index contributed by atoms with van der Waals surface area (Å²) in [5.41, 5.74) is 5.88. The van der Waals surface area contributed by atoms with Crippen LogP contribution >= 0.6 is 0 Å². The monoisotopic (exact) mass is 280 g/mol. The average Bonchev–Trinajstić information content (AvgIpc) is 2.45. The van der Waals surface area contributed by atoms with Crippen molar-refractivity contribution in [2.75, 3.05) is 7.11 Å². The molecule has 2 amide bonds. The van der Waals surface area contributed by atoms with E-state index in [0.717, 1.165) is 5.56 Å². The zero-order valence-corrected chi connectivity index (χ0v) is 11.0. The normalized spacial score (nSPS) is 11.2. The predicted octanol–water partition coefficient (Wildman–Crippen LogP) is 0.330. The van der Waals surface area contributed by atoms with Crippen LogP contribution in [-0.2, 0) is 25.7 Å². The minimum atomic E-state index is -1.16. The molecule has 20 heavy (non-hydrogen) atoms. The Morgan fingerprint density at radius 2 is 1.90 bits per heavy atom. The maximum atomic E-state index is 11.5. The number of primary amides is 1. The quantitative estimate of drug-likeness (QED) is 0.730. The van der Waals surface area contributed by atoms with Gasteiger partial charge >= 0.3 is 12.1 Å². The van der Waals surface area contributed by atoms with Crippen LogP contribution in [0.25, 0.3) is 0 Å². The van der Waals surface area contributed by atoms with E-state index in [-0.39, 0.29) is 13.0 Å². The van der Waals surface area contributed by atoms with Crippen LogP contribution in [0.15, 0.2) is 30.3 Å². The number of hydrogen-bond acceptors (Lipinski definition) is 5. The molecule has 1 aromatic carbocycles. The number of methoxy groups -OCH3 is 1. The molecule has 0 saturated heterocycles. The van der Waals surface area contributed by atoms with Crippen LogP contribution in [0.5, 0.6) is 0 Å². The lowest BCUT2D eigenvalue weighted by Gasteiger charge is -2.14. The summed E-state index contributed by atoms with van der Waals surface area (Å²) >= 11 is 0. The van der Waals surface area contributed by atoms with Gasteiger partial charge in [-0.1, -0.05) is 30.3 Å². The van der Waals surface area contributed by atoms with Crippen molar-refractivity contribution in [2.24, 2.45) is 5.73 Å². The van der Waals surface area contributed by atoms with Crippen molar-refractivity contribution in [1.29, 1.82) is 0 Å². The van der Waals surface area contributed by atoms with Gasteiger partial charge in [0.1, 0.15) is 12.6 Å². The van der Waals surface area contributed by atoms with Crippen LogP contribution in [0.3, 0.4) is 0 Å². The van der Waals surface area contributed by atoms with Gasteiger partial charge in [-0.25, -0.2) is 4.79 Å². The Hall–Kier alpha value is -2.57. The Kier molecular flexibility index (Phi) is 6.02. The van der Waals surface area contributed by atoms with Gasteiger partial charge in [0.15, 0.2) is 0 Å². The minimum absolute atomic E-state index is 0.0520. The third kappa shape index (κ3) is 5.38. The molecule has 1 rings (SSSR count). The third-order valence-corrected chi connectivity index (χ3v) is 2.45. The van der Waals surface area contributed by atoms with Crippen molar-refractivity contribution < 1.29 is 23.9 Å². The smallest absolute Gasteiger partial charge is 0.408 e. The number of hydrogen-bond donors (Lipinski definition) is 2. The van der Waals surface area contributed by atoms with E-state index in [1.165, 1.54) is 7.11 Å². The van der Waals surface area contributed by atoms with E-state index < -0.39 is 24.0 Å². The Morgan fingerprint density at radius 3 is 2.45 bits per heavy atom. The van der Waals surface area contributed by atoms with E-state index in [1.54, 1.807) is 24.3 Å². The van der Waals surface area contributed by atoms with Crippen molar-refractivity contribution >= 4 is 18.0 Å². The first kappa shape index (κ1) is 15.5. The number of nitrogens with one attached hydrogen (secondary N) is 1. The number of nitrogens with two attached hydrogens (primary N) is 1. The first-order valence-electron chi connectivity index (χ1n) is 5.86. The molecule has 0 aliphatic carbocycles. The van der Waals surface area contributed by atoms with Gasteiger partial charge in [0.25, 0.3) is 0 Å². The van der Waals surface area contributed by atoms with E-state index in [2.05, 4.69) is 10.1 Å². The number of benzene rings is 1. The zero-order chi connectivity index (χ0) is 15.0. The van der Waals surface area contributed by atoms with Crippen molar-refractivity contribution in [1.82, 2.24) is 5.32 Å². The van der Waals surface area contributed by atoms with Crippen molar-refractivity contribution in [3.05, 3.63) is 35.9 Å². The summed E-state index contributed by atoms with van der Waals surface area (Å²) in [7, 11) is 1.17. The van der Waals surface area contributed by atoms with E-state index in [4.69, 9.17) is 10.5 Å². The van der Waals surface area contributed by atoms with Crippen LogP contribution in [0, 0.1) is 0 Å². The highest BCUT2D eigenvalue weighted by atomic mass is 16.5. The van der Waals surface area contributed by atoms with Gasteiger partial charge in [-0.2, -0.15) is 0 Å². The van der Waals surface area contributed by atoms with Crippen molar-refractivity contribution in [2.45, 2.75) is 19.1 Å². The zero-order valence-electron chi connectivity index (χ0n) is 11.0. The van der Waals surface area contributed by atoms with Crippen LogP contribution in [0.2, 0.25) is 0 Å². The van der Waals surface area contributed by atoms with E-state index in [1.807, 2.05) is 6.07 Å². The van der Waals surface area contributed by atoms with Crippen molar-refractivity contribution in [3.8, 4) is 0 Å². The third-order valence-electron chi connectivity index (χ3n) is 2.45. The molecule has 1 aromatic rings. The number of carbonyl (C=O) groups excluding carboxylic acids is 3. The van der Waals surface area contributed by atoms with Gasteiger partial charge in [-0.3, -0.25) is 9.59 Å². The summed E-state index contributed by atoms with van der Waals surface area (Å²) in [5.74, 6) is -1.50. The molecule has 3 N–H and O–H groups in total. The number of rotatable bonds is 6. The Morgan fingerprint density at radius 1 is 1.25 bits per heavy atom. The van der Waals surface area contributed by atoms with Gasteiger partial charge in [0.2, 0.25) is 5.91 Å². The number of carbonyl (C=O) groups is 3. The maximum absolute atomic E-state index is 11.5. The summed E-state index contributed by atoms with van der Waals surface area (Å²) in [6.45, 7) is 0.0520. The summed E-state index contributed by atoms with van der Waals surface area (Å²) in [6, 6.07) is 7.86. The van der Waals surface area contributed by atoms with Gasteiger partial charge in [0, 0.05) is 0 Å². The summed E-state index contributed by atoms with van der Waals surface area (Å²) < 4.78 is 9.32. The predicted molar refractivity (Wildman–Crippen MR) is 69.4 cm³/mol. The number of alkyl carbamates (subject to hydrolysis) is 1. The average molecular weight is 280 g/mol. The molecular weight excluding hydrogens is 264 g/mol. The largest absolute Gasteiger partial charge is 0.469 e. The SMILES string of the molecule is COC(=O)C[C@@H](NC(=O)OCc1ccccc1)C(N)=O. The van der Waals surface area contributed by atoms with E-state index in [0.29, 0.717) is 0 Å². The highest BCUT2D eigenvalue weighted by Crippen LogP contribution is 2.01. The van der Waals surface area contributed by atoms with Gasteiger partial charge in [0.05, 0.1) is 13.5 Å². The summed E-state index contributed by atoms with van der Waals surface area (Å²) in [4.78, 5) is 33.7.